The molecule has 0 radical (unpaired) electrons. The van der Waals surface area contributed by atoms with Crippen molar-refractivity contribution in [3.63, 3.8) is 0 Å². The standard InChI is InChI=1S/C14H17N3O/c1-11-12(2)16-10-17-14(11)15-8-9-18-13-6-4-3-5-7-13/h3-7,10H,8-9H2,1-2H3,(H,15,16,17). The third-order valence-corrected chi connectivity index (χ3v) is 2.74. The predicted molar refractivity (Wildman–Crippen MR) is 71.9 cm³/mol. The van der Waals surface area contributed by atoms with Crippen LogP contribution in [-0.4, -0.2) is 23.1 Å². The second-order valence-electron chi connectivity index (χ2n) is 4.02. The fourth-order valence-electron chi connectivity index (χ4n) is 1.57. The molecule has 2 aromatic rings. The van der Waals surface area contributed by atoms with Gasteiger partial charge in [-0.15, -0.1) is 0 Å². The number of benzene rings is 1. The van der Waals surface area contributed by atoms with Crippen LogP contribution in [0.25, 0.3) is 0 Å². The van der Waals surface area contributed by atoms with Crippen LogP contribution in [-0.2, 0) is 0 Å². The molecule has 1 aromatic heterocycles. The van der Waals surface area contributed by atoms with Crippen LogP contribution < -0.4 is 10.1 Å². The van der Waals surface area contributed by atoms with Crippen molar-refractivity contribution in [3.05, 3.63) is 47.9 Å². The van der Waals surface area contributed by atoms with Gasteiger partial charge < -0.3 is 10.1 Å². The van der Waals surface area contributed by atoms with Crippen LogP contribution in [0.3, 0.4) is 0 Å². The number of hydrogen-bond acceptors (Lipinski definition) is 4. The Balaban J connectivity index is 1.81. The van der Waals surface area contributed by atoms with Crippen molar-refractivity contribution in [2.45, 2.75) is 13.8 Å². The van der Waals surface area contributed by atoms with E-state index in [9.17, 15) is 0 Å². The Morgan fingerprint density at radius 2 is 1.89 bits per heavy atom. The summed E-state index contributed by atoms with van der Waals surface area (Å²) in [5.74, 6) is 1.76. The number of aromatic nitrogens is 2. The van der Waals surface area contributed by atoms with Gasteiger partial charge in [-0.3, -0.25) is 0 Å². The first-order chi connectivity index (χ1) is 8.77. The summed E-state index contributed by atoms with van der Waals surface area (Å²) >= 11 is 0. The zero-order chi connectivity index (χ0) is 12.8. The molecule has 0 aliphatic carbocycles. The highest BCUT2D eigenvalue weighted by Crippen LogP contribution is 2.12. The maximum atomic E-state index is 5.59. The molecule has 0 aliphatic rings. The number of anilines is 1. The van der Waals surface area contributed by atoms with Gasteiger partial charge in [0.1, 0.15) is 24.5 Å². The molecule has 0 fully saturated rings. The van der Waals surface area contributed by atoms with Gasteiger partial charge in [-0.05, 0) is 26.0 Å². The molecule has 1 aromatic carbocycles. The Labute approximate surface area is 107 Å². The van der Waals surface area contributed by atoms with E-state index in [2.05, 4.69) is 15.3 Å². The molecule has 0 spiro atoms. The maximum absolute atomic E-state index is 5.59. The van der Waals surface area contributed by atoms with Crippen molar-refractivity contribution in [2.75, 3.05) is 18.5 Å². The van der Waals surface area contributed by atoms with Gasteiger partial charge in [0.25, 0.3) is 0 Å². The SMILES string of the molecule is Cc1ncnc(NCCOc2ccccc2)c1C. The van der Waals surface area contributed by atoms with Gasteiger partial charge in [0, 0.05) is 11.3 Å². The Hall–Kier alpha value is -2.10. The second-order valence-corrected chi connectivity index (χ2v) is 4.02. The van der Waals surface area contributed by atoms with Gasteiger partial charge in [0.2, 0.25) is 0 Å². The Morgan fingerprint density at radius 1 is 1.11 bits per heavy atom. The number of nitrogens with zero attached hydrogens (tertiary/aromatic N) is 2. The molecule has 0 amide bonds. The molecule has 4 nitrogen and oxygen atoms in total. The van der Waals surface area contributed by atoms with Gasteiger partial charge in [-0.2, -0.15) is 0 Å². The summed E-state index contributed by atoms with van der Waals surface area (Å²) in [4.78, 5) is 8.34. The van der Waals surface area contributed by atoms with E-state index in [-0.39, 0.29) is 0 Å². The van der Waals surface area contributed by atoms with Crippen LogP contribution in [0.15, 0.2) is 36.7 Å². The van der Waals surface area contributed by atoms with Crippen molar-refractivity contribution in [3.8, 4) is 5.75 Å². The maximum Gasteiger partial charge on any atom is 0.132 e. The number of nitrogens with one attached hydrogen (secondary N) is 1. The highest BCUT2D eigenvalue weighted by molar-refractivity contribution is 5.44. The molecular weight excluding hydrogens is 226 g/mol. The van der Waals surface area contributed by atoms with Crippen molar-refractivity contribution in [2.24, 2.45) is 0 Å². The molecule has 94 valence electrons. The zero-order valence-electron chi connectivity index (χ0n) is 10.7. The van der Waals surface area contributed by atoms with Gasteiger partial charge in [0.15, 0.2) is 0 Å². The first-order valence-corrected chi connectivity index (χ1v) is 5.97. The molecule has 1 heterocycles. The van der Waals surface area contributed by atoms with E-state index < -0.39 is 0 Å². The second kappa shape index (κ2) is 6.00. The van der Waals surface area contributed by atoms with Crippen LogP contribution in [0.2, 0.25) is 0 Å². The Kier molecular flexibility index (Phi) is 4.12. The molecule has 0 atom stereocenters. The van der Waals surface area contributed by atoms with E-state index in [4.69, 9.17) is 4.74 Å². The summed E-state index contributed by atoms with van der Waals surface area (Å²) in [5.41, 5.74) is 2.08. The topological polar surface area (TPSA) is 47.0 Å². The fourth-order valence-corrected chi connectivity index (χ4v) is 1.57. The summed E-state index contributed by atoms with van der Waals surface area (Å²) in [6.45, 7) is 5.30. The minimum atomic E-state index is 0.604. The van der Waals surface area contributed by atoms with Gasteiger partial charge >= 0.3 is 0 Å². The molecule has 0 saturated heterocycles. The summed E-state index contributed by atoms with van der Waals surface area (Å²) in [6.07, 6.45) is 1.57. The lowest BCUT2D eigenvalue weighted by molar-refractivity contribution is 0.332. The summed E-state index contributed by atoms with van der Waals surface area (Å²) in [5, 5.41) is 3.25. The third kappa shape index (κ3) is 3.20. The number of aryl methyl sites for hydroxylation is 1. The molecule has 0 bridgehead atoms. The minimum absolute atomic E-state index is 0.604. The third-order valence-electron chi connectivity index (χ3n) is 2.74. The van der Waals surface area contributed by atoms with Crippen molar-refractivity contribution in [1.82, 2.24) is 9.97 Å². The fraction of sp³-hybridized carbons (Fsp3) is 0.286. The summed E-state index contributed by atoms with van der Waals surface area (Å²) in [6, 6.07) is 9.78. The minimum Gasteiger partial charge on any atom is -0.492 e. The monoisotopic (exact) mass is 243 g/mol. The van der Waals surface area contributed by atoms with Crippen LogP contribution in [0.1, 0.15) is 11.3 Å². The lowest BCUT2D eigenvalue weighted by Gasteiger charge is -2.10. The van der Waals surface area contributed by atoms with Crippen molar-refractivity contribution >= 4 is 5.82 Å². The number of rotatable bonds is 5. The molecular formula is C14H17N3O. The summed E-state index contributed by atoms with van der Waals surface area (Å²) < 4.78 is 5.59. The van der Waals surface area contributed by atoms with Crippen molar-refractivity contribution < 1.29 is 4.74 Å². The molecule has 0 saturated carbocycles. The van der Waals surface area contributed by atoms with E-state index in [1.807, 2.05) is 44.2 Å². The largest absolute Gasteiger partial charge is 0.492 e. The first kappa shape index (κ1) is 12.4. The molecule has 0 unspecified atom stereocenters. The number of para-hydroxylation sites is 1. The average Bonchev–Trinajstić information content (AvgIpc) is 2.40. The van der Waals surface area contributed by atoms with E-state index in [0.717, 1.165) is 22.8 Å². The van der Waals surface area contributed by atoms with E-state index in [0.29, 0.717) is 13.2 Å². The van der Waals surface area contributed by atoms with E-state index in [1.165, 1.54) is 0 Å². The smallest absolute Gasteiger partial charge is 0.132 e. The highest BCUT2D eigenvalue weighted by atomic mass is 16.5. The highest BCUT2D eigenvalue weighted by Gasteiger charge is 2.02. The normalized spacial score (nSPS) is 10.1. The number of ether oxygens (including phenoxy) is 1. The van der Waals surface area contributed by atoms with Crippen molar-refractivity contribution in [1.29, 1.82) is 0 Å². The molecule has 18 heavy (non-hydrogen) atoms. The average molecular weight is 243 g/mol. The van der Waals surface area contributed by atoms with Crippen LogP contribution in [0.5, 0.6) is 5.75 Å². The van der Waals surface area contributed by atoms with Gasteiger partial charge in [0.05, 0.1) is 6.54 Å². The first-order valence-electron chi connectivity index (χ1n) is 5.97. The van der Waals surface area contributed by atoms with Crippen LogP contribution in [0.4, 0.5) is 5.82 Å². The molecule has 2 rings (SSSR count). The lowest BCUT2D eigenvalue weighted by Crippen LogP contribution is -2.13. The quantitative estimate of drug-likeness (QED) is 0.820. The lowest BCUT2D eigenvalue weighted by atomic mass is 10.2. The van der Waals surface area contributed by atoms with Gasteiger partial charge in [-0.1, -0.05) is 18.2 Å². The van der Waals surface area contributed by atoms with Gasteiger partial charge in [-0.25, -0.2) is 9.97 Å². The molecule has 0 aliphatic heterocycles. The molecule has 1 N–H and O–H groups in total. The van der Waals surface area contributed by atoms with E-state index in [1.54, 1.807) is 6.33 Å². The number of hydrogen-bond donors (Lipinski definition) is 1. The van der Waals surface area contributed by atoms with Crippen LogP contribution >= 0.6 is 0 Å². The van der Waals surface area contributed by atoms with E-state index >= 15 is 0 Å². The van der Waals surface area contributed by atoms with Crippen LogP contribution in [0, 0.1) is 13.8 Å². The summed E-state index contributed by atoms with van der Waals surface area (Å²) in [7, 11) is 0. The Morgan fingerprint density at radius 3 is 2.67 bits per heavy atom. The Bertz CT molecular complexity index is 500. The molecule has 4 heteroatoms. The predicted octanol–water partition coefficient (Wildman–Crippen LogP) is 2.58. The zero-order valence-corrected chi connectivity index (χ0v) is 10.7.